The van der Waals surface area contributed by atoms with Gasteiger partial charge in [-0.25, -0.2) is 0 Å². The molecule has 0 N–H and O–H groups in total. The molecule has 1 aliphatic heterocycles. The fraction of sp³-hybridized carbons (Fsp3) is 0.318. The molecule has 7 heteroatoms. The van der Waals surface area contributed by atoms with Crippen LogP contribution in [-0.4, -0.2) is 37.9 Å². The third-order valence-corrected chi connectivity index (χ3v) is 4.74. The molecule has 0 spiro atoms. The van der Waals surface area contributed by atoms with E-state index in [0.29, 0.717) is 42.0 Å². The molecule has 154 valence electrons. The summed E-state index contributed by atoms with van der Waals surface area (Å²) in [5, 5.41) is 0.429. The molecule has 2 aromatic rings. The van der Waals surface area contributed by atoms with Crippen LogP contribution in [0.2, 0.25) is 5.02 Å². The van der Waals surface area contributed by atoms with Gasteiger partial charge in [-0.3, -0.25) is 4.79 Å². The number of nitrogens with zero attached hydrogens (tertiary/aromatic N) is 1. The number of carbonyl (C=O) groups excluding carboxylic acids is 1. The van der Waals surface area contributed by atoms with E-state index in [9.17, 15) is 4.79 Å². The Hall–Kier alpha value is -2.86. The lowest BCUT2D eigenvalue weighted by molar-refractivity contribution is -0.126. The van der Waals surface area contributed by atoms with Crippen molar-refractivity contribution >= 4 is 23.6 Å². The molecule has 0 fully saturated rings. The summed E-state index contributed by atoms with van der Waals surface area (Å²) < 4.78 is 21.6. The number of methoxy groups -OCH3 is 1. The normalized spacial score (nSPS) is 12.3. The molecular weight excluding hydrogens is 394 g/mol. The van der Waals surface area contributed by atoms with Crippen LogP contribution in [0, 0.1) is 0 Å². The summed E-state index contributed by atoms with van der Waals surface area (Å²) >= 11 is 6.27. The molecule has 0 aliphatic carbocycles. The molecule has 0 aromatic heterocycles. The molecule has 3 rings (SSSR count). The summed E-state index contributed by atoms with van der Waals surface area (Å²) in [7, 11) is 1.54. The first-order valence-electron chi connectivity index (χ1n) is 9.41. The van der Waals surface area contributed by atoms with E-state index in [1.807, 2.05) is 32.0 Å². The monoisotopic (exact) mass is 417 g/mol. The minimum absolute atomic E-state index is 0.102. The number of hydrogen-bond donors (Lipinski definition) is 0. The highest BCUT2D eigenvalue weighted by Crippen LogP contribution is 2.36. The topological polar surface area (TPSA) is 57.2 Å². The van der Waals surface area contributed by atoms with Crippen molar-refractivity contribution < 1.29 is 23.7 Å². The van der Waals surface area contributed by atoms with Crippen molar-refractivity contribution in [3.63, 3.8) is 0 Å². The average Bonchev–Trinajstić information content (AvgIpc) is 3.18. The van der Waals surface area contributed by atoms with Crippen LogP contribution in [0.15, 0.2) is 36.4 Å². The van der Waals surface area contributed by atoms with E-state index >= 15 is 0 Å². The highest BCUT2D eigenvalue weighted by atomic mass is 35.5. The number of fused-ring (bicyclic) bond motifs is 1. The van der Waals surface area contributed by atoms with Crippen molar-refractivity contribution in [1.82, 2.24) is 4.90 Å². The van der Waals surface area contributed by atoms with Crippen LogP contribution in [-0.2, 0) is 11.3 Å². The zero-order chi connectivity index (χ0) is 20.8. The van der Waals surface area contributed by atoms with Gasteiger partial charge in [-0.2, -0.15) is 0 Å². The first kappa shape index (κ1) is 20.9. The summed E-state index contributed by atoms with van der Waals surface area (Å²) in [5.74, 6) is 2.36. The summed E-state index contributed by atoms with van der Waals surface area (Å²) in [5.41, 5.74) is 1.73. The van der Waals surface area contributed by atoms with Crippen LogP contribution in [0.5, 0.6) is 23.0 Å². The van der Waals surface area contributed by atoms with Crippen LogP contribution in [0.1, 0.15) is 25.0 Å². The molecule has 1 heterocycles. The molecule has 0 radical (unpaired) electrons. The van der Waals surface area contributed by atoms with Gasteiger partial charge in [0, 0.05) is 19.2 Å². The van der Waals surface area contributed by atoms with E-state index in [-0.39, 0.29) is 12.7 Å². The van der Waals surface area contributed by atoms with Gasteiger partial charge in [-0.15, -0.1) is 0 Å². The molecule has 1 aliphatic rings. The second-order valence-electron chi connectivity index (χ2n) is 6.34. The van der Waals surface area contributed by atoms with Crippen LogP contribution in [0.25, 0.3) is 6.08 Å². The number of benzene rings is 2. The molecule has 0 unspecified atom stereocenters. The maximum absolute atomic E-state index is 12.7. The van der Waals surface area contributed by atoms with Gasteiger partial charge in [-0.05, 0) is 55.3 Å². The number of carbonyl (C=O) groups is 1. The molecule has 0 bridgehead atoms. The Kier molecular flexibility index (Phi) is 6.88. The SMILES string of the molecule is CCOc1cc(/C=C/C(=O)N(CC)Cc2ccc3c(c2)OCO3)cc(Cl)c1OC. The first-order chi connectivity index (χ1) is 14.0. The Morgan fingerprint density at radius 3 is 2.72 bits per heavy atom. The van der Waals surface area contributed by atoms with Crippen LogP contribution < -0.4 is 18.9 Å². The second kappa shape index (κ2) is 9.56. The first-order valence-corrected chi connectivity index (χ1v) is 9.79. The van der Waals surface area contributed by atoms with Crippen molar-refractivity contribution in [3.05, 3.63) is 52.6 Å². The number of rotatable bonds is 8. The predicted molar refractivity (Wildman–Crippen MR) is 112 cm³/mol. The molecule has 0 saturated heterocycles. The third-order valence-electron chi connectivity index (χ3n) is 4.46. The smallest absolute Gasteiger partial charge is 0.246 e. The fourth-order valence-corrected chi connectivity index (χ4v) is 3.32. The molecule has 2 aromatic carbocycles. The zero-order valence-electron chi connectivity index (χ0n) is 16.7. The van der Waals surface area contributed by atoms with Crippen LogP contribution in [0.4, 0.5) is 0 Å². The van der Waals surface area contributed by atoms with E-state index in [0.717, 1.165) is 16.9 Å². The number of hydrogen-bond acceptors (Lipinski definition) is 5. The maximum Gasteiger partial charge on any atom is 0.246 e. The van der Waals surface area contributed by atoms with Crippen LogP contribution in [0.3, 0.4) is 0 Å². The number of ether oxygens (including phenoxy) is 4. The fourth-order valence-electron chi connectivity index (χ4n) is 3.02. The lowest BCUT2D eigenvalue weighted by Crippen LogP contribution is -2.28. The van der Waals surface area contributed by atoms with Gasteiger partial charge >= 0.3 is 0 Å². The van der Waals surface area contributed by atoms with E-state index in [4.69, 9.17) is 30.5 Å². The van der Waals surface area contributed by atoms with Gasteiger partial charge in [0.2, 0.25) is 12.7 Å². The molecular formula is C22H24ClNO5. The lowest BCUT2D eigenvalue weighted by Gasteiger charge is -2.19. The van der Waals surface area contributed by atoms with E-state index in [1.165, 1.54) is 13.2 Å². The van der Waals surface area contributed by atoms with Gasteiger partial charge in [0.15, 0.2) is 23.0 Å². The summed E-state index contributed by atoms with van der Waals surface area (Å²) in [6, 6.07) is 9.23. The van der Waals surface area contributed by atoms with Crippen molar-refractivity contribution in [3.8, 4) is 23.0 Å². The van der Waals surface area contributed by atoms with E-state index in [1.54, 1.807) is 23.1 Å². The maximum atomic E-state index is 12.7. The molecule has 29 heavy (non-hydrogen) atoms. The van der Waals surface area contributed by atoms with Gasteiger partial charge in [0.1, 0.15) is 0 Å². The zero-order valence-corrected chi connectivity index (χ0v) is 17.5. The van der Waals surface area contributed by atoms with Crippen molar-refractivity contribution in [2.45, 2.75) is 20.4 Å². The predicted octanol–water partition coefficient (Wildman–Crippen LogP) is 4.54. The Morgan fingerprint density at radius 2 is 2.00 bits per heavy atom. The van der Waals surface area contributed by atoms with Crippen molar-refractivity contribution in [2.24, 2.45) is 0 Å². The molecule has 6 nitrogen and oxygen atoms in total. The van der Waals surface area contributed by atoms with E-state index in [2.05, 4.69) is 0 Å². The highest BCUT2D eigenvalue weighted by molar-refractivity contribution is 6.32. The highest BCUT2D eigenvalue weighted by Gasteiger charge is 2.16. The summed E-state index contributed by atoms with van der Waals surface area (Å²) in [6.07, 6.45) is 3.25. The Labute approximate surface area is 175 Å². The van der Waals surface area contributed by atoms with Gasteiger partial charge in [0.05, 0.1) is 18.7 Å². The summed E-state index contributed by atoms with van der Waals surface area (Å²) in [6.45, 7) is 5.59. The quantitative estimate of drug-likeness (QED) is 0.590. The second-order valence-corrected chi connectivity index (χ2v) is 6.75. The standard InChI is InChI=1S/C22H24ClNO5/c1-4-24(13-16-6-8-18-19(12-16)29-14-28-18)21(25)9-7-15-10-17(23)22(26-3)20(11-15)27-5-2/h6-12H,4-5,13-14H2,1-3H3/b9-7+. The minimum atomic E-state index is -0.102. The lowest BCUT2D eigenvalue weighted by atomic mass is 10.1. The largest absolute Gasteiger partial charge is 0.491 e. The summed E-state index contributed by atoms with van der Waals surface area (Å²) in [4.78, 5) is 14.4. The minimum Gasteiger partial charge on any atom is -0.491 e. The number of halogens is 1. The van der Waals surface area contributed by atoms with Gasteiger partial charge in [-0.1, -0.05) is 17.7 Å². The molecule has 0 atom stereocenters. The Bertz CT molecular complexity index is 912. The average molecular weight is 418 g/mol. The Balaban J connectivity index is 1.73. The van der Waals surface area contributed by atoms with E-state index < -0.39 is 0 Å². The molecule has 1 amide bonds. The van der Waals surface area contributed by atoms with Crippen molar-refractivity contribution in [2.75, 3.05) is 27.1 Å². The van der Waals surface area contributed by atoms with Gasteiger partial charge in [0.25, 0.3) is 0 Å². The Morgan fingerprint density at radius 1 is 1.21 bits per heavy atom. The third kappa shape index (κ3) is 4.95. The van der Waals surface area contributed by atoms with Gasteiger partial charge < -0.3 is 23.8 Å². The molecule has 0 saturated carbocycles. The van der Waals surface area contributed by atoms with Crippen molar-refractivity contribution in [1.29, 1.82) is 0 Å². The van der Waals surface area contributed by atoms with Crippen LogP contribution >= 0.6 is 11.6 Å². The number of likely N-dealkylation sites (N-methyl/N-ethyl adjacent to an activating group) is 1. The number of amides is 1.